The first-order chi connectivity index (χ1) is 17.7. The number of fused-ring (bicyclic) bond motifs is 1. The summed E-state index contributed by atoms with van der Waals surface area (Å²) in [5.41, 5.74) is 12.1. The SMILES string of the molecule is CC(C)(C)OC(=O)Nc1ccc(-c2ccccc2)cc1CC(=O)c1cnc2c(C3CC3)c(N)ccc2c1. The van der Waals surface area contributed by atoms with E-state index in [-0.39, 0.29) is 12.2 Å². The maximum absolute atomic E-state index is 13.5. The Hall–Kier alpha value is -4.19. The zero-order valence-electron chi connectivity index (χ0n) is 21.4. The van der Waals surface area contributed by atoms with Crippen LogP contribution in [0.2, 0.25) is 0 Å². The molecule has 6 nitrogen and oxygen atoms in total. The van der Waals surface area contributed by atoms with E-state index in [0.29, 0.717) is 22.7 Å². The zero-order chi connectivity index (χ0) is 26.2. The quantitative estimate of drug-likeness (QED) is 0.220. The van der Waals surface area contributed by atoms with Crippen molar-refractivity contribution in [1.29, 1.82) is 0 Å². The number of hydrogen-bond donors (Lipinski definition) is 2. The van der Waals surface area contributed by atoms with Gasteiger partial charge in [0.1, 0.15) is 5.60 Å². The highest BCUT2D eigenvalue weighted by Gasteiger charge is 2.28. The minimum atomic E-state index is -0.635. The van der Waals surface area contributed by atoms with E-state index in [0.717, 1.165) is 46.1 Å². The topological polar surface area (TPSA) is 94.3 Å². The minimum Gasteiger partial charge on any atom is -0.444 e. The van der Waals surface area contributed by atoms with Crippen molar-refractivity contribution in [2.24, 2.45) is 0 Å². The third kappa shape index (κ3) is 5.64. The largest absolute Gasteiger partial charge is 0.444 e. The van der Waals surface area contributed by atoms with Crippen molar-refractivity contribution in [1.82, 2.24) is 4.98 Å². The van der Waals surface area contributed by atoms with E-state index in [2.05, 4.69) is 10.3 Å². The molecule has 1 aliphatic rings. The molecule has 0 saturated heterocycles. The number of carbonyl (C=O) groups excluding carboxylic acids is 2. The number of aromatic nitrogens is 1. The zero-order valence-corrected chi connectivity index (χ0v) is 21.4. The number of anilines is 2. The number of Topliss-reactive ketones (excluding diaryl/α,β-unsaturated/α-hetero) is 1. The Labute approximate surface area is 216 Å². The molecular weight excluding hydrogens is 462 g/mol. The molecule has 1 amide bonds. The van der Waals surface area contributed by atoms with E-state index in [4.69, 9.17) is 10.5 Å². The average molecular weight is 494 g/mol. The highest BCUT2D eigenvalue weighted by Crippen LogP contribution is 2.45. The first-order valence-electron chi connectivity index (χ1n) is 12.6. The number of benzene rings is 3. The fourth-order valence-corrected chi connectivity index (χ4v) is 4.55. The third-order valence-corrected chi connectivity index (χ3v) is 6.43. The maximum Gasteiger partial charge on any atom is 0.412 e. The predicted molar refractivity (Wildman–Crippen MR) is 148 cm³/mol. The van der Waals surface area contributed by atoms with Crippen LogP contribution >= 0.6 is 0 Å². The van der Waals surface area contributed by atoms with Crippen LogP contribution in [0, 0.1) is 0 Å². The molecular formula is C31H31N3O3. The summed E-state index contributed by atoms with van der Waals surface area (Å²) < 4.78 is 5.44. The number of carbonyl (C=O) groups is 2. The standard InChI is InChI=1S/C31H31N3O3/c1-31(2,3)37-30(36)34-26-14-12-21(19-7-5-4-6-8-19)15-23(26)17-27(35)24-16-22-11-13-25(32)28(20-9-10-20)29(22)33-18-24/h4-8,11-16,18,20H,9-10,17,32H2,1-3H3,(H,34,36). The van der Waals surface area contributed by atoms with Crippen LogP contribution < -0.4 is 11.1 Å². The van der Waals surface area contributed by atoms with Gasteiger partial charge in [-0.2, -0.15) is 0 Å². The molecule has 6 heteroatoms. The van der Waals surface area contributed by atoms with Gasteiger partial charge in [0.2, 0.25) is 0 Å². The van der Waals surface area contributed by atoms with Gasteiger partial charge in [0, 0.05) is 40.5 Å². The number of nitrogen functional groups attached to an aromatic ring is 1. The molecule has 37 heavy (non-hydrogen) atoms. The molecule has 0 bridgehead atoms. The van der Waals surface area contributed by atoms with Crippen LogP contribution in [0.25, 0.3) is 22.0 Å². The molecule has 3 N–H and O–H groups in total. The van der Waals surface area contributed by atoms with Crippen molar-refractivity contribution >= 4 is 34.2 Å². The fraction of sp³-hybridized carbons (Fsp3) is 0.258. The van der Waals surface area contributed by atoms with Crippen LogP contribution in [0.3, 0.4) is 0 Å². The van der Waals surface area contributed by atoms with Crippen LogP contribution in [0.4, 0.5) is 16.2 Å². The van der Waals surface area contributed by atoms with Crippen molar-refractivity contribution in [3.05, 3.63) is 89.6 Å². The van der Waals surface area contributed by atoms with Gasteiger partial charge >= 0.3 is 6.09 Å². The van der Waals surface area contributed by atoms with Gasteiger partial charge in [-0.3, -0.25) is 15.1 Å². The molecule has 3 aromatic carbocycles. The van der Waals surface area contributed by atoms with E-state index in [1.807, 2.05) is 87.5 Å². The lowest BCUT2D eigenvalue weighted by Gasteiger charge is -2.20. The molecule has 0 aliphatic heterocycles. The van der Waals surface area contributed by atoms with Gasteiger partial charge in [-0.1, -0.05) is 42.5 Å². The molecule has 1 aromatic heterocycles. The lowest BCUT2D eigenvalue weighted by atomic mass is 9.96. The highest BCUT2D eigenvalue weighted by molar-refractivity contribution is 6.02. The van der Waals surface area contributed by atoms with Crippen LogP contribution in [0.5, 0.6) is 0 Å². The second kappa shape index (κ2) is 9.69. The Morgan fingerprint density at radius 3 is 2.46 bits per heavy atom. The van der Waals surface area contributed by atoms with Gasteiger partial charge in [-0.15, -0.1) is 0 Å². The monoisotopic (exact) mass is 493 g/mol. The Morgan fingerprint density at radius 1 is 1.00 bits per heavy atom. The number of ether oxygens (including phenoxy) is 1. The number of nitrogens with two attached hydrogens (primary N) is 1. The van der Waals surface area contributed by atoms with E-state index >= 15 is 0 Å². The Morgan fingerprint density at radius 2 is 1.76 bits per heavy atom. The number of rotatable bonds is 6. The number of amides is 1. The molecule has 188 valence electrons. The number of hydrogen-bond acceptors (Lipinski definition) is 5. The van der Waals surface area contributed by atoms with E-state index < -0.39 is 11.7 Å². The summed E-state index contributed by atoms with van der Waals surface area (Å²) in [6, 6.07) is 21.3. The van der Waals surface area contributed by atoms with Crippen molar-refractivity contribution in [2.75, 3.05) is 11.1 Å². The number of nitrogens with one attached hydrogen (secondary N) is 1. The average Bonchev–Trinajstić information content (AvgIpc) is 3.69. The van der Waals surface area contributed by atoms with Gasteiger partial charge in [0.15, 0.2) is 5.78 Å². The second-order valence-electron chi connectivity index (χ2n) is 10.6. The van der Waals surface area contributed by atoms with E-state index in [1.165, 1.54) is 0 Å². The van der Waals surface area contributed by atoms with Crippen molar-refractivity contribution in [3.63, 3.8) is 0 Å². The van der Waals surface area contributed by atoms with Gasteiger partial charge in [0.05, 0.1) is 5.52 Å². The first-order valence-corrected chi connectivity index (χ1v) is 12.6. The summed E-state index contributed by atoms with van der Waals surface area (Å²) in [6.45, 7) is 5.43. The molecule has 1 aliphatic carbocycles. The molecule has 0 radical (unpaired) electrons. The Balaban J connectivity index is 1.46. The predicted octanol–water partition coefficient (Wildman–Crippen LogP) is 7.13. The van der Waals surface area contributed by atoms with E-state index in [1.54, 1.807) is 6.20 Å². The molecule has 0 atom stereocenters. The van der Waals surface area contributed by atoms with E-state index in [9.17, 15) is 9.59 Å². The normalized spacial score (nSPS) is 13.4. The highest BCUT2D eigenvalue weighted by atomic mass is 16.6. The van der Waals surface area contributed by atoms with Crippen molar-refractivity contribution in [3.8, 4) is 11.1 Å². The number of ketones is 1. The molecule has 0 spiro atoms. The lowest BCUT2D eigenvalue weighted by molar-refractivity contribution is 0.0635. The van der Waals surface area contributed by atoms with Crippen molar-refractivity contribution in [2.45, 2.75) is 51.6 Å². The van der Waals surface area contributed by atoms with Gasteiger partial charge < -0.3 is 10.5 Å². The maximum atomic E-state index is 13.5. The fourth-order valence-electron chi connectivity index (χ4n) is 4.55. The van der Waals surface area contributed by atoms with Crippen LogP contribution in [-0.4, -0.2) is 22.5 Å². The summed E-state index contributed by atoms with van der Waals surface area (Å²) in [7, 11) is 0. The Kier molecular flexibility index (Phi) is 6.42. The summed E-state index contributed by atoms with van der Waals surface area (Å²) in [5.74, 6) is 0.372. The van der Waals surface area contributed by atoms with Crippen LogP contribution in [0.15, 0.2) is 72.9 Å². The number of nitrogens with zero attached hydrogens (tertiary/aromatic N) is 1. The first kappa shape index (κ1) is 24.5. The number of pyridine rings is 1. The van der Waals surface area contributed by atoms with Gasteiger partial charge in [-0.25, -0.2) is 4.79 Å². The molecule has 0 unspecified atom stereocenters. The Bertz CT molecular complexity index is 1490. The minimum absolute atomic E-state index is 0.0864. The van der Waals surface area contributed by atoms with Crippen molar-refractivity contribution < 1.29 is 14.3 Å². The molecule has 1 fully saturated rings. The summed E-state index contributed by atoms with van der Waals surface area (Å²) in [5, 5.41) is 3.73. The smallest absolute Gasteiger partial charge is 0.412 e. The molecule has 1 saturated carbocycles. The molecule has 4 aromatic rings. The lowest BCUT2D eigenvalue weighted by Crippen LogP contribution is -2.27. The second-order valence-corrected chi connectivity index (χ2v) is 10.6. The summed E-state index contributed by atoms with van der Waals surface area (Å²) in [4.78, 5) is 30.6. The van der Waals surface area contributed by atoms with Gasteiger partial charge in [-0.05, 0) is 80.5 Å². The molecule has 5 rings (SSSR count). The van der Waals surface area contributed by atoms with Gasteiger partial charge in [0.25, 0.3) is 0 Å². The van der Waals surface area contributed by atoms with Crippen LogP contribution in [-0.2, 0) is 11.2 Å². The third-order valence-electron chi connectivity index (χ3n) is 6.43. The van der Waals surface area contributed by atoms with Crippen LogP contribution in [0.1, 0.15) is 61.0 Å². The summed E-state index contributed by atoms with van der Waals surface area (Å²) >= 11 is 0. The molecule has 1 heterocycles. The summed E-state index contributed by atoms with van der Waals surface area (Å²) in [6.07, 6.45) is 3.42.